The molecule has 3 nitrogen and oxygen atoms in total. The van der Waals surface area contributed by atoms with Gasteiger partial charge < -0.3 is 0 Å². The SMILES string of the molecule is CCc1cc(CC)n(C(C)C#N)n1. The molecule has 0 aliphatic rings. The van der Waals surface area contributed by atoms with Crippen molar-refractivity contribution >= 4 is 0 Å². The Labute approximate surface area is 79.0 Å². The molecule has 1 heterocycles. The fourth-order valence-corrected chi connectivity index (χ4v) is 1.32. The molecule has 0 spiro atoms. The van der Waals surface area contributed by atoms with Crippen LogP contribution < -0.4 is 0 Å². The summed E-state index contributed by atoms with van der Waals surface area (Å²) in [6.07, 6.45) is 1.86. The summed E-state index contributed by atoms with van der Waals surface area (Å²) in [7, 11) is 0. The molecule has 0 saturated carbocycles. The summed E-state index contributed by atoms with van der Waals surface area (Å²) in [6.45, 7) is 6.02. The largest absolute Gasteiger partial charge is 0.252 e. The molecule has 0 radical (unpaired) electrons. The number of hydrogen-bond acceptors (Lipinski definition) is 2. The Morgan fingerprint density at radius 3 is 2.69 bits per heavy atom. The number of nitriles is 1. The minimum absolute atomic E-state index is 0.157. The minimum Gasteiger partial charge on any atom is -0.252 e. The third-order valence-corrected chi connectivity index (χ3v) is 2.14. The Morgan fingerprint density at radius 2 is 2.23 bits per heavy atom. The minimum atomic E-state index is -0.157. The Morgan fingerprint density at radius 1 is 1.54 bits per heavy atom. The van der Waals surface area contributed by atoms with Gasteiger partial charge in [-0.1, -0.05) is 13.8 Å². The van der Waals surface area contributed by atoms with Gasteiger partial charge in [0.25, 0.3) is 0 Å². The third kappa shape index (κ3) is 1.89. The second-order valence-electron chi connectivity index (χ2n) is 3.08. The Bertz CT molecular complexity index is 319. The topological polar surface area (TPSA) is 41.6 Å². The Hall–Kier alpha value is -1.30. The van der Waals surface area contributed by atoms with Crippen molar-refractivity contribution in [3.63, 3.8) is 0 Å². The van der Waals surface area contributed by atoms with Crippen molar-refractivity contribution in [3.05, 3.63) is 17.5 Å². The molecule has 1 aromatic heterocycles. The molecule has 1 rings (SSSR count). The quantitative estimate of drug-likeness (QED) is 0.709. The zero-order valence-corrected chi connectivity index (χ0v) is 8.41. The van der Waals surface area contributed by atoms with Crippen LogP contribution in [0.5, 0.6) is 0 Å². The molecule has 13 heavy (non-hydrogen) atoms. The number of aromatic nitrogens is 2. The molecule has 0 aromatic carbocycles. The van der Waals surface area contributed by atoms with E-state index in [1.807, 2.05) is 11.6 Å². The van der Waals surface area contributed by atoms with E-state index in [0.717, 1.165) is 24.2 Å². The van der Waals surface area contributed by atoms with Crippen LogP contribution in [-0.4, -0.2) is 9.78 Å². The van der Waals surface area contributed by atoms with Gasteiger partial charge in [0, 0.05) is 5.69 Å². The van der Waals surface area contributed by atoms with Gasteiger partial charge in [0.15, 0.2) is 0 Å². The maximum atomic E-state index is 8.78. The van der Waals surface area contributed by atoms with E-state index in [2.05, 4.69) is 31.1 Å². The van der Waals surface area contributed by atoms with Gasteiger partial charge in [-0.05, 0) is 25.8 Å². The first kappa shape index (κ1) is 9.79. The zero-order chi connectivity index (χ0) is 9.84. The van der Waals surface area contributed by atoms with Crippen molar-refractivity contribution in [3.8, 4) is 6.07 Å². The molecule has 0 aliphatic heterocycles. The Balaban J connectivity index is 3.05. The molecule has 1 aromatic rings. The lowest BCUT2D eigenvalue weighted by Gasteiger charge is -2.06. The summed E-state index contributed by atoms with van der Waals surface area (Å²) < 4.78 is 1.82. The maximum absolute atomic E-state index is 8.78. The summed E-state index contributed by atoms with van der Waals surface area (Å²) >= 11 is 0. The lowest BCUT2D eigenvalue weighted by molar-refractivity contribution is 0.559. The first-order valence-electron chi connectivity index (χ1n) is 4.69. The van der Waals surface area contributed by atoms with E-state index in [-0.39, 0.29) is 6.04 Å². The highest BCUT2D eigenvalue weighted by Crippen LogP contribution is 2.12. The predicted molar refractivity (Wildman–Crippen MR) is 51.3 cm³/mol. The van der Waals surface area contributed by atoms with Crippen LogP contribution in [-0.2, 0) is 12.8 Å². The Kier molecular flexibility index (Phi) is 3.07. The number of aryl methyl sites for hydroxylation is 2. The lowest BCUT2D eigenvalue weighted by atomic mass is 10.2. The summed E-state index contributed by atoms with van der Waals surface area (Å²) in [4.78, 5) is 0. The molecular formula is C10H15N3. The molecule has 0 saturated heterocycles. The molecule has 0 amide bonds. The van der Waals surface area contributed by atoms with E-state index in [4.69, 9.17) is 5.26 Å². The average Bonchev–Trinajstić information content (AvgIpc) is 2.59. The van der Waals surface area contributed by atoms with Crippen LogP contribution >= 0.6 is 0 Å². The van der Waals surface area contributed by atoms with Gasteiger partial charge >= 0.3 is 0 Å². The van der Waals surface area contributed by atoms with E-state index in [9.17, 15) is 0 Å². The van der Waals surface area contributed by atoms with Crippen LogP contribution in [0, 0.1) is 11.3 Å². The molecule has 0 N–H and O–H groups in total. The monoisotopic (exact) mass is 177 g/mol. The molecule has 0 bridgehead atoms. The average molecular weight is 177 g/mol. The summed E-state index contributed by atoms with van der Waals surface area (Å²) in [6, 6.07) is 4.11. The van der Waals surface area contributed by atoms with Crippen LogP contribution in [0.2, 0.25) is 0 Å². The normalized spacial score (nSPS) is 12.5. The molecule has 3 heteroatoms. The molecule has 1 atom stereocenters. The fourth-order valence-electron chi connectivity index (χ4n) is 1.32. The van der Waals surface area contributed by atoms with Crippen LogP contribution in [0.3, 0.4) is 0 Å². The highest BCUT2D eigenvalue weighted by Gasteiger charge is 2.10. The molecule has 70 valence electrons. The van der Waals surface area contributed by atoms with Crippen molar-refractivity contribution in [2.45, 2.75) is 39.7 Å². The first-order chi connectivity index (χ1) is 6.22. The van der Waals surface area contributed by atoms with Crippen LogP contribution in [0.25, 0.3) is 0 Å². The van der Waals surface area contributed by atoms with Crippen molar-refractivity contribution in [1.29, 1.82) is 5.26 Å². The third-order valence-electron chi connectivity index (χ3n) is 2.14. The maximum Gasteiger partial charge on any atom is 0.136 e. The number of nitrogens with zero attached hydrogens (tertiary/aromatic N) is 3. The highest BCUT2D eigenvalue weighted by molar-refractivity contribution is 5.12. The van der Waals surface area contributed by atoms with Crippen molar-refractivity contribution in [2.75, 3.05) is 0 Å². The molecule has 0 fully saturated rings. The van der Waals surface area contributed by atoms with Crippen molar-refractivity contribution in [1.82, 2.24) is 9.78 Å². The predicted octanol–water partition coefficient (Wildman–Crippen LogP) is 2.09. The standard InChI is InChI=1S/C10H15N3/c1-4-9-6-10(5-2)13(12-9)8(3)7-11/h6,8H,4-5H2,1-3H3. The van der Waals surface area contributed by atoms with E-state index in [1.165, 1.54) is 0 Å². The summed E-state index contributed by atoms with van der Waals surface area (Å²) in [5, 5.41) is 13.1. The van der Waals surface area contributed by atoms with Gasteiger partial charge in [0.1, 0.15) is 6.04 Å². The summed E-state index contributed by atoms with van der Waals surface area (Å²) in [5.41, 5.74) is 2.21. The summed E-state index contributed by atoms with van der Waals surface area (Å²) in [5.74, 6) is 0. The molecule has 1 unspecified atom stereocenters. The van der Waals surface area contributed by atoms with Gasteiger partial charge in [-0.3, -0.25) is 4.68 Å². The molecule has 0 aliphatic carbocycles. The fraction of sp³-hybridized carbons (Fsp3) is 0.600. The van der Waals surface area contributed by atoms with Gasteiger partial charge in [-0.2, -0.15) is 10.4 Å². The van der Waals surface area contributed by atoms with E-state index < -0.39 is 0 Å². The van der Waals surface area contributed by atoms with Crippen molar-refractivity contribution in [2.24, 2.45) is 0 Å². The van der Waals surface area contributed by atoms with Crippen LogP contribution in [0.1, 0.15) is 38.2 Å². The number of hydrogen-bond donors (Lipinski definition) is 0. The zero-order valence-electron chi connectivity index (χ0n) is 8.41. The van der Waals surface area contributed by atoms with Gasteiger partial charge in [-0.15, -0.1) is 0 Å². The highest BCUT2D eigenvalue weighted by atomic mass is 15.3. The van der Waals surface area contributed by atoms with Crippen LogP contribution in [0.4, 0.5) is 0 Å². The van der Waals surface area contributed by atoms with E-state index in [0.29, 0.717) is 0 Å². The lowest BCUT2D eigenvalue weighted by Crippen LogP contribution is -2.08. The molecular weight excluding hydrogens is 162 g/mol. The second kappa shape index (κ2) is 4.08. The van der Waals surface area contributed by atoms with Gasteiger partial charge in [0.05, 0.1) is 11.8 Å². The van der Waals surface area contributed by atoms with Gasteiger partial charge in [0.2, 0.25) is 0 Å². The number of rotatable bonds is 3. The first-order valence-corrected chi connectivity index (χ1v) is 4.69. The smallest absolute Gasteiger partial charge is 0.136 e. The van der Waals surface area contributed by atoms with Crippen molar-refractivity contribution < 1.29 is 0 Å². The van der Waals surface area contributed by atoms with Gasteiger partial charge in [-0.25, -0.2) is 0 Å². The van der Waals surface area contributed by atoms with Crippen LogP contribution in [0.15, 0.2) is 6.07 Å². The second-order valence-corrected chi connectivity index (χ2v) is 3.08. The van der Waals surface area contributed by atoms with E-state index in [1.54, 1.807) is 0 Å². The van der Waals surface area contributed by atoms with E-state index >= 15 is 0 Å².